The molecule has 4 heteroatoms. The standard InChI is InChI=1S/C11H14N2OS/c1-8-3-4-10(14-8)9(12-2)7-11-13-5-6-15-11/h3-6,9,12H,7H2,1-2H3. The van der Waals surface area contributed by atoms with Crippen LogP contribution in [0.2, 0.25) is 0 Å². The van der Waals surface area contributed by atoms with Crippen LogP contribution < -0.4 is 5.32 Å². The molecule has 0 radical (unpaired) electrons. The van der Waals surface area contributed by atoms with Crippen LogP contribution in [-0.4, -0.2) is 12.0 Å². The van der Waals surface area contributed by atoms with E-state index in [1.54, 1.807) is 11.3 Å². The Morgan fingerprint density at radius 2 is 2.40 bits per heavy atom. The lowest BCUT2D eigenvalue weighted by molar-refractivity contribution is 0.414. The van der Waals surface area contributed by atoms with Gasteiger partial charge in [-0.2, -0.15) is 0 Å². The fourth-order valence-corrected chi connectivity index (χ4v) is 2.18. The van der Waals surface area contributed by atoms with E-state index in [1.807, 2.05) is 37.7 Å². The topological polar surface area (TPSA) is 38.1 Å². The van der Waals surface area contributed by atoms with Gasteiger partial charge in [0.2, 0.25) is 0 Å². The van der Waals surface area contributed by atoms with Crippen LogP contribution in [0.15, 0.2) is 28.1 Å². The van der Waals surface area contributed by atoms with Gasteiger partial charge in [-0.3, -0.25) is 0 Å². The molecule has 0 amide bonds. The minimum atomic E-state index is 0.213. The molecule has 2 rings (SSSR count). The number of thiazole rings is 1. The van der Waals surface area contributed by atoms with Crippen molar-refractivity contribution in [1.29, 1.82) is 0 Å². The summed E-state index contributed by atoms with van der Waals surface area (Å²) in [7, 11) is 1.94. The van der Waals surface area contributed by atoms with Crippen molar-refractivity contribution in [2.45, 2.75) is 19.4 Å². The van der Waals surface area contributed by atoms with Gasteiger partial charge < -0.3 is 9.73 Å². The van der Waals surface area contributed by atoms with Crippen LogP contribution in [-0.2, 0) is 6.42 Å². The van der Waals surface area contributed by atoms with E-state index >= 15 is 0 Å². The Hall–Kier alpha value is -1.13. The maximum Gasteiger partial charge on any atom is 0.121 e. The highest BCUT2D eigenvalue weighted by atomic mass is 32.1. The fourth-order valence-electron chi connectivity index (χ4n) is 1.51. The van der Waals surface area contributed by atoms with Gasteiger partial charge in [-0.15, -0.1) is 11.3 Å². The Morgan fingerprint density at radius 1 is 1.53 bits per heavy atom. The molecule has 0 bridgehead atoms. The van der Waals surface area contributed by atoms with Gasteiger partial charge in [0, 0.05) is 18.0 Å². The summed E-state index contributed by atoms with van der Waals surface area (Å²) in [5.41, 5.74) is 0. The maximum absolute atomic E-state index is 5.60. The molecule has 3 nitrogen and oxygen atoms in total. The Kier molecular flexibility index (Phi) is 3.18. The first-order valence-corrected chi connectivity index (χ1v) is 5.79. The molecule has 15 heavy (non-hydrogen) atoms. The van der Waals surface area contributed by atoms with Gasteiger partial charge in [0.25, 0.3) is 0 Å². The van der Waals surface area contributed by atoms with E-state index in [0.717, 1.165) is 22.9 Å². The van der Waals surface area contributed by atoms with E-state index in [2.05, 4.69) is 10.3 Å². The zero-order valence-corrected chi connectivity index (χ0v) is 9.67. The van der Waals surface area contributed by atoms with Crippen LogP contribution in [0, 0.1) is 6.92 Å². The van der Waals surface area contributed by atoms with Crippen LogP contribution in [0.3, 0.4) is 0 Å². The summed E-state index contributed by atoms with van der Waals surface area (Å²) in [5.74, 6) is 1.93. The van der Waals surface area contributed by atoms with Gasteiger partial charge in [0.15, 0.2) is 0 Å². The Labute approximate surface area is 93.2 Å². The quantitative estimate of drug-likeness (QED) is 0.864. The number of furan rings is 1. The lowest BCUT2D eigenvalue weighted by Gasteiger charge is -2.11. The minimum Gasteiger partial charge on any atom is -0.465 e. The van der Waals surface area contributed by atoms with Crippen LogP contribution in [0.5, 0.6) is 0 Å². The monoisotopic (exact) mass is 222 g/mol. The summed E-state index contributed by atoms with van der Waals surface area (Å²) in [6.07, 6.45) is 2.71. The molecule has 0 fully saturated rings. The van der Waals surface area contributed by atoms with Gasteiger partial charge in [-0.1, -0.05) is 0 Å². The fraction of sp³-hybridized carbons (Fsp3) is 0.364. The number of hydrogen-bond acceptors (Lipinski definition) is 4. The number of aryl methyl sites for hydroxylation is 1. The van der Waals surface area contributed by atoms with Crippen molar-refractivity contribution >= 4 is 11.3 Å². The van der Waals surface area contributed by atoms with Crippen LogP contribution in [0.25, 0.3) is 0 Å². The van der Waals surface area contributed by atoms with Crippen LogP contribution in [0.1, 0.15) is 22.6 Å². The summed E-state index contributed by atoms with van der Waals surface area (Å²) >= 11 is 1.68. The highest BCUT2D eigenvalue weighted by Gasteiger charge is 2.14. The molecule has 1 atom stereocenters. The van der Waals surface area contributed by atoms with Crippen molar-refractivity contribution in [1.82, 2.24) is 10.3 Å². The molecule has 2 aromatic rings. The highest BCUT2D eigenvalue weighted by molar-refractivity contribution is 7.09. The number of aromatic nitrogens is 1. The van der Waals surface area contributed by atoms with Crippen molar-refractivity contribution in [3.05, 3.63) is 40.2 Å². The van der Waals surface area contributed by atoms with Gasteiger partial charge >= 0.3 is 0 Å². The SMILES string of the molecule is CNC(Cc1nccs1)c1ccc(C)o1. The Bertz CT molecular complexity index is 408. The number of rotatable bonds is 4. The first kappa shape index (κ1) is 10.4. The molecule has 0 aliphatic rings. The third-order valence-corrected chi connectivity index (χ3v) is 3.12. The number of nitrogens with zero attached hydrogens (tertiary/aromatic N) is 1. The highest BCUT2D eigenvalue weighted by Crippen LogP contribution is 2.21. The maximum atomic E-state index is 5.60. The Morgan fingerprint density at radius 3 is 2.93 bits per heavy atom. The summed E-state index contributed by atoms with van der Waals surface area (Å²) in [5, 5.41) is 6.37. The first-order valence-electron chi connectivity index (χ1n) is 4.91. The van der Waals surface area contributed by atoms with Crippen molar-refractivity contribution in [2.24, 2.45) is 0 Å². The lowest BCUT2D eigenvalue weighted by atomic mass is 10.1. The van der Waals surface area contributed by atoms with Gasteiger partial charge in [-0.25, -0.2) is 4.98 Å². The Balaban J connectivity index is 2.11. The predicted molar refractivity (Wildman–Crippen MR) is 61.1 cm³/mol. The molecule has 80 valence electrons. The van der Waals surface area contributed by atoms with Crippen molar-refractivity contribution in [3.8, 4) is 0 Å². The van der Waals surface area contributed by atoms with E-state index in [9.17, 15) is 0 Å². The molecule has 0 saturated carbocycles. The first-order chi connectivity index (χ1) is 7.29. The van der Waals surface area contributed by atoms with Crippen molar-refractivity contribution in [3.63, 3.8) is 0 Å². The number of likely N-dealkylation sites (N-methyl/N-ethyl adjacent to an activating group) is 1. The van der Waals surface area contributed by atoms with Crippen LogP contribution in [0.4, 0.5) is 0 Å². The smallest absolute Gasteiger partial charge is 0.121 e. The number of hydrogen-bond donors (Lipinski definition) is 1. The minimum absolute atomic E-state index is 0.213. The zero-order chi connectivity index (χ0) is 10.7. The second kappa shape index (κ2) is 4.59. The second-order valence-electron chi connectivity index (χ2n) is 3.42. The molecule has 0 spiro atoms. The summed E-state index contributed by atoms with van der Waals surface area (Å²) in [6.45, 7) is 1.96. The van der Waals surface area contributed by atoms with Gasteiger partial charge in [-0.05, 0) is 26.1 Å². The zero-order valence-electron chi connectivity index (χ0n) is 8.86. The molecule has 0 aliphatic carbocycles. The average Bonchev–Trinajstić information content (AvgIpc) is 2.85. The van der Waals surface area contributed by atoms with Crippen molar-refractivity contribution < 1.29 is 4.42 Å². The molecule has 0 saturated heterocycles. The molecule has 1 N–H and O–H groups in total. The largest absolute Gasteiger partial charge is 0.465 e. The van der Waals surface area contributed by atoms with E-state index in [4.69, 9.17) is 4.42 Å². The summed E-state index contributed by atoms with van der Waals surface area (Å²) in [4.78, 5) is 4.27. The van der Waals surface area contributed by atoms with Crippen molar-refractivity contribution in [2.75, 3.05) is 7.05 Å². The molecular weight excluding hydrogens is 208 g/mol. The molecule has 2 heterocycles. The van der Waals surface area contributed by atoms with E-state index in [0.29, 0.717) is 0 Å². The average molecular weight is 222 g/mol. The third-order valence-electron chi connectivity index (χ3n) is 2.32. The summed E-state index contributed by atoms with van der Waals surface area (Å²) in [6, 6.07) is 4.22. The van der Waals surface area contributed by atoms with E-state index < -0.39 is 0 Å². The molecule has 2 aromatic heterocycles. The molecule has 0 aromatic carbocycles. The predicted octanol–water partition coefficient (Wildman–Crippen LogP) is 2.55. The summed E-state index contributed by atoms with van der Waals surface area (Å²) < 4.78 is 5.60. The molecule has 0 aliphatic heterocycles. The van der Waals surface area contributed by atoms with Gasteiger partial charge in [0.1, 0.15) is 11.5 Å². The number of nitrogens with one attached hydrogen (secondary N) is 1. The van der Waals surface area contributed by atoms with Gasteiger partial charge in [0.05, 0.1) is 11.0 Å². The molecular formula is C11H14N2OS. The third kappa shape index (κ3) is 2.46. The lowest BCUT2D eigenvalue weighted by Crippen LogP contribution is -2.18. The van der Waals surface area contributed by atoms with E-state index in [-0.39, 0.29) is 6.04 Å². The van der Waals surface area contributed by atoms with E-state index in [1.165, 1.54) is 0 Å². The normalized spacial score (nSPS) is 12.9. The second-order valence-corrected chi connectivity index (χ2v) is 4.40. The molecule has 1 unspecified atom stereocenters. The van der Waals surface area contributed by atoms with Crippen LogP contribution >= 0.6 is 11.3 Å².